The number of amides is 1. The normalized spacial score (nSPS) is 18.9. The van der Waals surface area contributed by atoms with E-state index in [1.807, 2.05) is 35.6 Å². The first-order chi connectivity index (χ1) is 13.6. The summed E-state index contributed by atoms with van der Waals surface area (Å²) in [7, 11) is 0. The zero-order valence-corrected chi connectivity index (χ0v) is 16.7. The summed E-state index contributed by atoms with van der Waals surface area (Å²) in [4.78, 5) is 17.3. The van der Waals surface area contributed by atoms with Crippen LogP contribution in [0.25, 0.3) is 0 Å². The zero-order valence-electron chi connectivity index (χ0n) is 16.7. The molecule has 28 heavy (non-hydrogen) atoms. The van der Waals surface area contributed by atoms with Gasteiger partial charge in [-0.15, -0.1) is 5.10 Å². The molecule has 0 saturated carbocycles. The number of aryl methyl sites for hydroxylation is 1. The summed E-state index contributed by atoms with van der Waals surface area (Å²) in [5.41, 5.74) is 2.59. The number of nitrogens with zero attached hydrogens (tertiary/aromatic N) is 6. The number of carbonyl (C=O) groups excluding carboxylic acids is 1. The van der Waals surface area contributed by atoms with Crippen molar-refractivity contribution >= 4 is 11.7 Å². The van der Waals surface area contributed by atoms with Crippen molar-refractivity contribution in [2.75, 3.05) is 44.3 Å². The van der Waals surface area contributed by atoms with Gasteiger partial charge in [-0.1, -0.05) is 0 Å². The van der Waals surface area contributed by atoms with Crippen LogP contribution in [0, 0.1) is 13.8 Å². The lowest BCUT2D eigenvalue weighted by molar-refractivity contribution is 0.0655. The minimum Gasteiger partial charge on any atom is -0.381 e. The number of rotatable bonds is 3. The van der Waals surface area contributed by atoms with Crippen molar-refractivity contribution in [2.45, 2.75) is 39.2 Å². The van der Waals surface area contributed by atoms with Crippen LogP contribution >= 0.6 is 0 Å². The maximum absolute atomic E-state index is 13.2. The van der Waals surface area contributed by atoms with Crippen LogP contribution in [0.1, 0.15) is 47.1 Å². The molecule has 2 fully saturated rings. The van der Waals surface area contributed by atoms with Crippen LogP contribution < -0.4 is 4.90 Å². The molecule has 0 bridgehead atoms. The van der Waals surface area contributed by atoms with E-state index in [2.05, 4.69) is 20.2 Å². The Morgan fingerprint density at radius 3 is 2.64 bits per heavy atom. The summed E-state index contributed by atoms with van der Waals surface area (Å²) >= 11 is 0. The molecule has 2 aromatic rings. The van der Waals surface area contributed by atoms with Crippen LogP contribution in [0.4, 0.5) is 5.82 Å². The average Bonchev–Trinajstić information content (AvgIpc) is 2.94. The SMILES string of the molecule is Cc1ccc(N2CCCN(C(=O)c3cnn(C4CCOCC4)c3C)CC2)nn1. The summed E-state index contributed by atoms with van der Waals surface area (Å²) < 4.78 is 7.46. The largest absolute Gasteiger partial charge is 0.381 e. The second-order valence-electron chi connectivity index (χ2n) is 7.60. The van der Waals surface area contributed by atoms with Gasteiger partial charge < -0.3 is 14.5 Å². The Kier molecular flexibility index (Phi) is 5.57. The minimum absolute atomic E-state index is 0.0765. The lowest BCUT2D eigenvalue weighted by Crippen LogP contribution is -2.35. The first-order valence-electron chi connectivity index (χ1n) is 10.1. The molecule has 0 aromatic carbocycles. The lowest BCUT2D eigenvalue weighted by atomic mass is 10.1. The molecule has 2 aromatic heterocycles. The molecule has 150 valence electrons. The molecule has 4 rings (SSSR count). The molecule has 0 radical (unpaired) electrons. The van der Waals surface area contributed by atoms with Crippen LogP contribution in [-0.2, 0) is 4.74 Å². The van der Waals surface area contributed by atoms with Crippen molar-refractivity contribution < 1.29 is 9.53 Å². The van der Waals surface area contributed by atoms with Gasteiger partial charge in [0.2, 0.25) is 0 Å². The standard InChI is InChI=1S/C20H28N6O2/c1-15-4-5-19(23-22-15)24-8-3-9-25(11-10-24)20(27)18-14-21-26(16(18)2)17-6-12-28-13-7-17/h4-5,14,17H,3,6-13H2,1-2H3. The molecule has 4 heterocycles. The highest BCUT2D eigenvalue weighted by molar-refractivity contribution is 5.95. The highest BCUT2D eigenvalue weighted by atomic mass is 16.5. The van der Waals surface area contributed by atoms with Gasteiger partial charge in [-0.2, -0.15) is 10.2 Å². The molecular weight excluding hydrogens is 356 g/mol. The molecule has 2 saturated heterocycles. The Hall–Kier alpha value is -2.48. The second-order valence-corrected chi connectivity index (χ2v) is 7.60. The highest BCUT2D eigenvalue weighted by Crippen LogP contribution is 2.24. The molecule has 1 amide bonds. The van der Waals surface area contributed by atoms with Gasteiger partial charge in [0.1, 0.15) is 0 Å². The van der Waals surface area contributed by atoms with Gasteiger partial charge in [-0.25, -0.2) is 0 Å². The first kappa shape index (κ1) is 18.9. The number of carbonyl (C=O) groups is 1. The highest BCUT2D eigenvalue weighted by Gasteiger charge is 2.26. The summed E-state index contributed by atoms with van der Waals surface area (Å²) in [5, 5.41) is 13.0. The maximum Gasteiger partial charge on any atom is 0.257 e. The second kappa shape index (κ2) is 8.26. The summed E-state index contributed by atoms with van der Waals surface area (Å²) in [5.74, 6) is 0.955. The monoisotopic (exact) mass is 384 g/mol. The Bertz CT molecular complexity index is 813. The first-order valence-corrected chi connectivity index (χ1v) is 10.1. The van der Waals surface area contributed by atoms with E-state index in [0.29, 0.717) is 12.6 Å². The van der Waals surface area contributed by atoms with Crippen molar-refractivity contribution in [3.8, 4) is 0 Å². The van der Waals surface area contributed by atoms with Crippen molar-refractivity contribution in [1.29, 1.82) is 0 Å². The van der Waals surface area contributed by atoms with E-state index in [1.165, 1.54) is 0 Å². The fraction of sp³-hybridized carbons (Fsp3) is 0.600. The van der Waals surface area contributed by atoms with E-state index >= 15 is 0 Å². The van der Waals surface area contributed by atoms with Crippen LogP contribution in [0.15, 0.2) is 18.3 Å². The molecule has 0 aliphatic carbocycles. The number of aromatic nitrogens is 4. The number of hydrogen-bond acceptors (Lipinski definition) is 6. The Balaban J connectivity index is 1.44. The van der Waals surface area contributed by atoms with Crippen LogP contribution in [0.2, 0.25) is 0 Å². The number of anilines is 1. The van der Waals surface area contributed by atoms with E-state index in [1.54, 1.807) is 6.20 Å². The number of hydrogen-bond donors (Lipinski definition) is 0. The van der Waals surface area contributed by atoms with Crippen LogP contribution in [0.3, 0.4) is 0 Å². The molecule has 2 aliphatic heterocycles. The topological polar surface area (TPSA) is 76.4 Å². The summed E-state index contributed by atoms with van der Waals surface area (Å²) in [6.07, 6.45) is 4.55. The van der Waals surface area contributed by atoms with Gasteiger partial charge in [0, 0.05) is 45.1 Å². The summed E-state index contributed by atoms with van der Waals surface area (Å²) in [6.45, 7) is 8.52. The van der Waals surface area contributed by atoms with Crippen molar-refractivity contribution in [2.24, 2.45) is 0 Å². The van der Waals surface area contributed by atoms with Gasteiger partial charge in [-0.3, -0.25) is 9.48 Å². The van der Waals surface area contributed by atoms with E-state index in [0.717, 1.165) is 74.9 Å². The Morgan fingerprint density at radius 2 is 1.89 bits per heavy atom. The quantitative estimate of drug-likeness (QED) is 0.806. The fourth-order valence-corrected chi connectivity index (χ4v) is 4.01. The maximum atomic E-state index is 13.2. The molecule has 0 N–H and O–H groups in total. The molecular formula is C20H28N6O2. The number of ether oxygens (including phenoxy) is 1. The molecule has 0 atom stereocenters. The summed E-state index contributed by atoms with van der Waals surface area (Å²) in [6, 6.07) is 4.31. The third-order valence-electron chi connectivity index (χ3n) is 5.70. The van der Waals surface area contributed by atoms with Crippen LogP contribution in [-0.4, -0.2) is 70.2 Å². The fourth-order valence-electron chi connectivity index (χ4n) is 4.01. The molecule has 8 nitrogen and oxygen atoms in total. The lowest BCUT2D eigenvalue weighted by Gasteiger charge is -2.24. The predicted molar refractivity (Wildman–Crippen MR) is 106 cm³/mol. The smallest absolute Gasteiger partial charge is 0.257 e. The average molecular weight is 384 g/mol. The van der Waals surface area contributed by atoms with E-state index in [-0.39, 0.29) is 5.91 Å². The van der Waals surface area contributed by atoms with Crippen molar-refractivity contribution in [1.82, 2.24) is 24.9 Å². The zero-order chi connectivity index (χ0) is 19.5. The van der Waals surface area contributed by atoms with Crippen molar-refractivity contribution in [3.63, 3.8) is 0 Å². The molecule has 2 aliphatic rings. The molecule has 8 heteroatoms. The molecule has 0 unspecified atom stereocenters. The minimum atomic E-state index is 0.0765. The molecule has 0 spiro atoms. The third-order valence-corrected chi connectivity index (χ3v) is 5.70. The predicted octanol–water partition coefficient (Wildman–Crippen LogP) is 1.99. The van der Waals surface area contributed by atoms with Gasteiger partial charge in [0.25, 0.3) is 5.91 Å². The van der Waals surface area contributed by atoms with Crippen LogP contribution in [0.5, 0.6) is 0 Å². The van der Waals surface area contributed by atoms with Gasteiger partial charge in [-0.05, 0) is 45.2 Å². The van der Waals surface area contributed by atoms with E-state index in [4.69, 9.17) is 4.74 Å². The third kappa shape index (κ3) is 3.87. The van der Waals surface area contributed by atoms with Gasteiger partial charge >= 0.3 is 0 Å². The van der Waals surface area contributed by atoms with Gasteiger partial charge in [0.15, 0.2) is 5.82 Å². The van der Waals surface area contributed by atoms with E-state index in [9.17, 15) is 4.79 Å². The Morgan fingerprint density at radius 1 is 1.07 bits per heavy atom. The van der Waals surface area contributed by atoms with Crippen molar-refractivity contribution in [3.05, 3.63) is 35.3 Å². The van der Waals surface area contributed by atoms with Gasteiger partial charge in [0.05, 0.1) is 23.5 Å². The van der Waals surface area contributed by atoms with E-state index < -0.39 is 0 Å². The Labute approximate surface area is 165 Å².